The Morgan fingerprint density at radius 1 is 1.35 bits per heavy atom. The molecule has 0 fully saturated rings. The van der Waals surface area contributed by atoms with E-state index in [9.17, 15) is 14.9 Å². The first-order valence-electron chi connectivity index (χ1n) is 7.27. The first-order valence-corrected chi connectivity index (χ1v) is 7.27. The first kappa shape index (κ1) is 16.7. The fourth-order valence-corrected chi connectivity index (χ4v) is 2.61. The maximum Gasteiger partial charge on any atom is 0.337 e. The molecule has 0 bridgehead atoms. The fourth-order valence-electron chi connectivity index (χ4n) is 2.61. The number of carbonyl (C=O) groups is 1. The molecule has 0 saturated carbocycles. The van der Waals surface area contributed by atoms with Crippen molar-refractivity contribution in [3.05, 3.63) is 62.9 Å². The van der Waals surface area contributed by atoms with E-state index < -0.39 is 16.8 Å². The maximum absolute atomic E-state index is 12.5. The molecule has 1 aromatic rings. The van der Waals surface area contributed by atoms with Crippen molar-refractivity contribution in [1.82, 2.24) is 10.3 Å². The highest BCUT2D eigenvalue weighted by Gasteiger charge is 2.41. The topological polar surface area (TPSA) is 94.4 Å². The number of esters is 1. The smallest absolute Gasteiger partial charge is 0.337 e. The molecule has 1 N–H and O–H groups in total. The molecule has 0 unspecified atom stereocenters. The second-order valence-electron chi connectivity index (χ2n) is 5.57. The highest BCUT2D eigenvalue weighted by atomic mass is 16.6. The molecule has 122 valence electrons. The molecule has 1 atom stereocenters. The van der Waals surface area contributed by atoms with Gasteiger partial charge >= 0.3 is 5.97 Å². The third-order valence-electron chi connectivity index (χ3n) is 3.47. The Morgan fingerprint density at radius 2 is 2.04 bits per heavy atom. The molecule has 2 rings (SSSR count). The predicted molar refractivity (Wildman–Crippen MR) is 83.7 cm³/mol. The molecule has 1 aliphatic rings. The maximum atomic E-state index is 12.5. The van der Waals surface area contributed by atoms with Gasteiger partial charge in [0.05, 0.1) is 28.0 Å². The number of aromatic nitrogens is 1. The van der Waals surface area contributed by atoms with E-state index in [-0.39, 0.29) is 17.4 Å². The van der Waals surface area contributed by atoms with Gasteiger partial charge in [-0.3, -0.25) is 15.1 Å². The SMILES string of the molecule is CC1=C(C(=O)OC(C)C)[C@H](c2ccccn2)C([N+](=O)[O-])=C(C)N1. The van der Waals surface area contributed by atoms with Gasteiger partial charge in [-0.1, -0.05) is 6.07 Å². The zero-order valence-corrected chi connectivity index (χ0v) is 13.5. The number of pyridine rings is 1. The molecular formula is C16H19N3O4. The lowest BCUT2D eigenvalue weighted by Crippen LogP contribution is -2.32. The van der Waals surface area contributed by atoms with E-state index >= 15 is 0 Å². The quantitative estimate of drug-likeness (QED) is 0.521. The summed E-state index contributed by atoms with van der Waals surface area (Å²) < 4.78 is 5.27. The Balaban J connectivity index is 2.60. The van der Waals surface area contributed by atoms with Crippen molar-refractivity contribution in [1.29, 1.82) is 0 Å². The number of nitrogens with one attached hydrogen (secondary N) is 1. The van der Waals surface area contributed by atoms with Crippen molar-refractivity contribution in [3.63, 3.8) is 0 Å². The van der Waals surface area contributed by atoms with Crippen LogP contribution in [0.25, 0.3) is 0 Å². The standard InChI is InChI=1S/C16H19N3O4/c1-9(2)23-16(20)13-10(3)18-11(4)15(19(21)22)14(13)12-7-5-6-8-17-12/h5-9,14,18H,1-4H3/t14-/m0/s1. The van der Waals surface area contributed by atoms with Gasteiger partial charge in [-0.15, -0.1) is 0 Å². The summed E-state index contributed by atoms with van der Waals surface area (Å²) in [6.45, 7) is 6.78. The summed E-state index contributed by atoms with van der Waals surface area (Å²) in [5.41, 5.74) is 1.49. The van der Waals surface area contributed by atoms with Gasteiger partial charge in [-0.25, -0.2) is 4.79 Å². The Morgan fingerprint density at radius 3 is 2.57 bits per heavy atom. The molecule has 1 aliphatic heterocycles. The van der Waals surface area contributed by atoms with Crippen LogP contribution < -0.4 is 5.32 Å². The lowest BCUT2D eigenvalue weighted by molar-refractivity contribution is -0.431. The molecular weight excluding hydrogens is 298 g/mol. The molecule has 0 radical (unpaired) electrons. The number of hydrogen-bond donors (Lipinski definition) is 1. The van der Waals surface area contributed by atoms with E-state index in [4.69, 9.17) is 4.74 Å². The van der Waals surface area contributed by atoms with Gasteiger partial charge in [0.15, 0.2) is 0 Å². The Hall–Kier alpha value is -2.70. The van der Waals surface area contributed by atoms with Gasteiger partial charge in [0.1, 0.15) is 5.92 Å². The molecule has 7 heteroatoms. The van der Waals surface area contributed by atoms with Gasteiger partial charge in [0.2, 0.25) is 0 Å². The van der Waals surface area contributed by atoms with Crippen molar-refractivity contribution in [2.45, 2.75) is 39.7 Å². The number of carbonyl (C=O) groups excluding carboxylic acids is 1. The average molecular weight is 317 g/mol. The lowest BCUT2D eigenvalue weighted by atomic mass is 9.87. The summed E-state index contributed by atoms with van der Waals surface area (Å²) in [6, 6.07) is 5.12. The number of allylic oxidation sites excluding steroid dienone is 3. The van der Waals surface area contributed by atoms with Crippen LogP contribution in [0.1, 0.15) is 39.3 Å². The van der Waals surface area contributed by atoms with Crippen molar-refractivity contribution in [2.75, 3.05) is 0 Å². The van der Waals surface area contributed by atoms with E-state index in [1.165, 1.54) is 0 Å². The minimum Gasteiger partial charge on any atom is -0.460 e. The molecule has 0 aromatic carbocycles. The number of nitrogens with zero attached hydrogens (tertiary/aromatic N) is 2. The van der Waals surface area contributed by atoms with Crippen molar-refractivity contribution < 1.29 is 14.5 Å². The van der Waals surface area contributed by atoms with Crippen LogP contribution in [-0.2, 0) is 9.53 Å². The molecule has 2 heterocycles. The fraction of sp³-hybridized carbons (Fsp3) is 0.375. The summed E-state index contributed by atoms with van der Waals surface area (Å²) in [6.07, 6.45) is 1.23. The van der Waals surface area contributed by atoms with Gasteiger partial charge in [0.25, 0.3) is 5.70 Å². The van der Waals surface area contributed by atoms with Crippen LogP contribution in [0.3, 0.4) is 0 Å². The normalized spacial score (nSPS) is 18.0. The summed E-state index contributed by atoms with van der Waals surface area (Å²) in [5, 5.41) is 14.5. The van der Waals surface area contributed by atoms with Crippen LogP contribution in [0, 0.1) is 10.1 Å². The lowest BCUT2D eigenvalue weighted by Gasteiger charge is -2.26. The van der Waals surface area contributed by atoms with Crippen LogP contribution in [-0.4, -0.2) is 22.0 Å². The molecule has 1 aromatic heterocycles. The number of rotatable bonds is 4. The third-order valence-corrected chi connectivity index (χ3v) is 3.47. The monoisotopic (exact) mass is 317 g/mol. The molecule has 0 aliphatic carbocycles. The minimum atomic E-state index is -0.862. The highest BCUT2D eigenvalue weighted by molar-refractivity contribution is 5.92. The summed E-state index contributed by atoms with van der Waals surface area (Å²) in [5.74, 6) is -1.44. The van der Waals surface area contributed by atoms with Crippen LogP contribution in [0.5, 0.6) is 0 Å². The zero-order valence-electron chi connectivity index (χ0n) is 13.5. The second-order valence-corrected chi connectivity index (χ2v) is 5.57. The molecule has 0 spiro atoms. The average Bonchev–Trinajstić information content (AvgIpc) is 2.45. The predicted octanol–water partition coefficient (Wildman–Crippen LogP) is 2.50. The largest absolute Gasteiger partial charge is 0.460 e. The van der Waals surface area contributed by atoms with E-state index in [0.29, 0.717) is 17.1 Å². The zero-order chi connectivity index (χ0) is 17.1. The van der Waals surface area contributed by atoms with Crippen LogP contribution in [0.4, 0.5) is 0 Å². The Labute approximate surface area is 134 Å². The van der Waals surface area contributed by atoms with E-state index in [2.05, 4.69) is 10.3 Å². The van der Waals surface area contributed by atoms with Gasteiger partial charge in [-0.05, 0) is 39.8 Å². The van der Waals surface area contributed by atoms with E-state index in [1.54, 1.807) is 52.1 Å². The highest BCUT2D eigenvalue weighted by Crippen LogP contribution is 2.37. The second kappa shape index (κ2) is 6.60. The Bertz CT molecular complexity index is 693. The third kappa shape index (κ3) is 3.39. The van der Waals surface area contributed by atoms with Crippen LogP contribution >= 0.6 is 0 Å². The van der Waals surface area contributed by atoms with Gasteiger partial charge < -0.3 is 10.1 Å². The molecule has 23 heavy (non-hydrogen) atoms. The van der Waals surface area contributed by atoms with Gasteiger partial charge in [0, 0.05) is 11.9 Å². The summed E-state index contributed by atoms with van der Waals surface area (Å²) >= 11 is 0. The molecule has 0 saturated heterocycles. The summed E-state index contributed by atoms with van der Waals surface area (Å²) in [7, 11) is 0. The molecule has 7 nitrogen and oxygen atoms in total. The number of dihydropyridines is 1. The van der Waals surface area contributed by atoms with Crippen molar-refractivity contribution in [2.24, 2.45) is 0 Å². The number of ether oxygens (including phenoxy) is 1. The summed E-state index contributed by atoms with van der Waals surface area (Å²) in [4.78, 5) is 27.8. The van der Waals surface area contributed by atoms with Crippen molar-refractivity contribution >= 4 is 5.97 Å². The number of hydrogen-bond acceptors (Lipinski definition) is 6. The minimum absolute atomic E-state index is 0.0926. The van der Waals surface area contributed by atoms with Crippen LogP contribution in [0.2, 0.25) is 0 Å². The van der Waals surface area contributed by atoms with Crippen molar-refractivity contribution in [3.8, 4) is 0 Å². The van der Waals surface area contributed by atoms with E-state index in [0.717, 1.165) is 0 Å². The number of nitro groups is 1. The van der Waals surface area contributed by atoms with Gasteiger partial charge in [-0.2, -0.15) is 0 Å². The van der Waals surface area contributed by atoms with E-state index in [1.807, 2.05) is 0 Å². The Kier molecular flexibility index (Phi) is 4.78. The van der Waals surface area contributed by atoms with Crippen LogP contribution in [0.15, 0.2) is 47.1 Å². The first-order chi connectivity index (χ1) is 10.8. The molecule has 0 amide bonds.